The summed E-state index contributed by atoms with van der Waals surface area (Å²) in [6.45, 7) is 4.77. The van der Waals surface area contributed by atoms with Crippen molar-refractivity contribution in [2.75, 3.05) is 50.1 Å². The van der Waals surface area contributed by atoms with E-state index in [9.17, 15) is 13.2 Å². The van der Waals surface area contributed by atoms with Gasteiger partial charge in [0.15, 0.2) is 0 Å². The summed E-state index contributed by atoms with van der Waals surface area (Å²) in [7, 11) is -2.32. The highest BCUT2D eigenvalue weighted by Crippen LogP contribution is 2.31. The highest BCUT2D eigenvalue weighted by Gasteiger charge is 2.21. The first-order valence-corrected chi connectivity index (χ1v) is 12.8. The number of anilines is 2. The molecule has 2 aromatic carbocycles. The molecule has 0 radical (unpaired) electrons. The Hall–Kier alpha value is -3.54. The van der Waals surface area contributed by atoms with Crippen molar-refractivity contribution in [1.29, 1.82) is 0 Å². The molecule has 184 valence electrons. The van der Waals surface area contributed by atoms with Crippen LogP contribution in [0.2, 0.25) is 0 Å². The molecule has 0 spiro atoms. The third kappa shape index (κ3) is 5.76. The first-order valence-electron chi connectivity index (χ1n) is 11.3. The van der Waals surface area contributed by atoms with Gasteiger partial charge in [0.05, 0.1) is 29.5 Å². The van der Waals surface area contributed by atoms with Crippen molar-refractivity contribution in [3.63, 3.8) is 0 Å². The molecule has 35 heavy (non-hydrogen) atoms. The number of hydrogen-bond donors (Lipinski definition) is 3. The van der Waals surface area contributed by atoms with Crippen molar-refractivity contribution >= 4 is 27.7 Å². The summed E-state index contributed by atoms with van der Waals surface area (Å²) in [5, 5.41) is 5.47. The summed E-state index contributed by atoms with van der Waals surface area (Å²) in [5.74, 6) is 0.502. The van der Waals surface area contributed by atoms with E-state index in [1.54, 1.807) is 42.5 Å². The number of carbonyl (C=O) groups excluding carboxylic acids is 1. The highest BCUT2D eigenvalue weighted by atomic mass is 32.2. The number of ether oxygens (including phenoxy) is 1. The minimum atomic E-state index is -3.70. The largest absolute Gasteiger partial charge is 0.378 e. The third-order valence-corrected chi connectivity index (χ3v) is 6.98. The molecular weight excluding hydrogens is 468 g/mol. The summed E-state index contributed by atoms with van der Waals surface area (Å²) >= 11 is 0. The maximum Gasteiger partial charge on any atom is 0.319 e. The van der Waals surface area contributed by atoms with Crippen LogP contribution in [0.5, 0.6) is 0 Å². The maximum atomic E-state index is 12.7. The van der Waals surface area contributed by atoms with E-state index in [0.29, 0.717) is 61.4 Å². The predicted molar refractivity (Wildman–Crippen MR) is 135 cm³/mol. The number of morpholine rings is 1. The van der Waals surface area contributed by atoms with Crippen LogP contribution in [0.1, 0.15) is 6.92 Å². The van der Waals surface area contributed by atoms with Gasteiger partial charge in [-0.25, -0.2) is 27.9 Å². The maximum absolute atomic E-state index is 12.7. The molecule has 11 heteroatoms. The number of nitrogens with one attached hydrogen (secondary N) is 3. The zero-order valence-corrected chi connectivity index (χ0v) is 20.4. The Morgan fingerprint density at radius 1 is 1.03 bits per heavy atom. The van der Waals surface area contributed by atoms with E-state index in [4.69, 9.17) is 14.7 Å². The molecule has 1 aliphatic rings. The van der Waals surface area contributed by atoms with Crippen LogP contribution < -0.4 is 20.3 Å². The standard InChI is InChI=1S/C24H28N6O4S/c1-3-26-24(31)27-18-10-8-17(9-11-18)20-16-21(29-23(28-20)30-12-14-34-15-13-30)19-6-4-5-7-22(19)35(32,33)25-2/h4-11,16,25H,3,12-15H2,1-2H3,(H2,26,27,31). The van der Waals surface area contributed by atoms with Crippen LogP contribution in [-0.2, 0) is 14.8 Å². The lowest BCUT2D eigenvalue weighted by molar-refractivity contribution is 0.122. The van der Waals surface area contributed by atoms with Crippen molar-refractivity contribution in [3.8, 4) is 22.5 Å². The lowest BCUT2D eigenvalue weighted by Gasteiger charge is -2.27. The fourth-order valence-electron chi connectivity index (χ4n) is 3.71. The molecule has 1 saturated heterocycles. The number of hydrogen-bond acceptors (Lipinski definition) is 7. The molecule has 4 rings (SSSR count). The Bertz CT molecular complexity index is 1290. The molecule has 3 N–H and O–H groups in total. The number of nitrogens with zero attached hydrogens (tertiary/aromatic N) is 3. The number of sulfonamides is 1. The third-order valence-electron chi connectivity index (χ3n) is 5.51. The fraction of sp³-hybridized carbons (Fsp3) is 0.292. The van der Waals surface area contributed by atoms with Gasteiger partial charge in [0.2, 0.25) is 16.0 Å². The Balaban J connectivity index is 1.78. The Morgan fingerprint density at radius 3 is 2.40 bits per heavy atom. The van der Waals surface area contributed by atoms with Gasteiger partial charge >= 0.3 is 6.03 Å². The van der Waals surface area contributed by atoms with Crippen molar-refractivity contribution in [2.45, 2.75) is 11.8 Å². The molecule has 0 saturated carbocycles. The van der Waals surface area contributed by atoms with Gasteiger partial charge in [-0.05, 0) is 38.2 Å². The van der Waals surface area contributed by atoms with Crippen LogP contribution in [0.15, 0.2) is 59.5 Å². The summed E-state index contributed by atoms with van der Waals surface area (Å²) in [6.07, 6.45) is 0. The van der Waals surface area contributed by atoms with E-state index in [0.717, 1.165) is 5.56 Å². The molecular formula is C24H28N6O4S. The van der Waals surface area contributed by atoms with E-state index >= 15 is 0 Å². The van der Waals surface area contributed by atoms with E-state index in [-0.39, 0.29) is 10.9 Å². The van der Waals surface area contributed by atoms with Gasteiger partial charge in [0.1, 0.15) is 0 Å². The lowest BCUT2D eigenvalue weighted by Crippen LogP contribution is -2.37. The van der Waals surface area contributed by atoms with Gasteiger partial charge in [-0.15, -0.1) is 0 Å². The van der Waals surface area contributed by atoms with Crippen LogP contribution >= 0.6 is 0 Å². The summed E-state index contributed by atoms with van der Waals surface area (Å²) in [6, 6.07) is 15.5. The molecule has 2 heterocycles. The number of rotatable bonds is 7. The second-order valence-electron chi connectivity index (χ2n) is 7.80. The van der Waals surface area contributed by atoms with Crippen LogP contribution in [0, 0.1) is 0 Å². The summed E-state index contributed by atoms with van der Waals surface area (Å²) in [5.41, 5.74) is 3.06. The quantitative estimate of drug-likeness (QED) is 0.459. The van der Waals surface area contributed by atoms with Crippen molar-refractivity contribution in [2.24, 2.45) is 0 Å². The monoisotopic (exact) mass is 496 g/mol. The van der Waals surface area contributed by atoms with Gasteiger partial charge in [-0.2, -0.15) is 0 Å². The van der Waals surface area contributed by atoms with Gasteiger partial charge in [0, 0.05) is 36.4 Å². The molecule has 0 atom stereocenters. The zero-order valence-electron chi connectivity index (χ0n) is 19.6. The molecule has 2 amide bonds. The van der Waals surface area contributed by atoms with Crippen molar-refractivity contribution in [3.05, 3.63) is 54.6 Å². The van der Waals surface area contributed by atoms with Crippen LogP contribution in [0.3, 0.4) is 0 Å². The number of urea groups is 1. The van der Waals surface area contributed by atoms with Crippen molar-refractivity contribution in [1.82, 2.24) is 20.0 Å². The van der Waals surface area contributed by atoms with Gasteiger partial charge < -0.3 is 20.3 Å². The van der Waals surface area contributed by atoms with Gasteiger partial charge in [-0.3, -0.25) is 0 Å². The molecule has 0 aliphatic carbocycles. The van der Waals surface area contributed by atoms with Gasteiger partial charge in [0.25, 0.3) is 0 Å². The molecule has 1 fully saturated rings. The average molecular weight is 497 g/mol. The molecule has 10 nitrogen and oxygen atoms in total. The van der Waals surface area contributed by atoms with Crippen LogP contribution in [0.4, 0.5) is 16.4 Å². The van der Waals surface area contributed by atoms with E-state index < -0.39 is 10.0 Å². The highest BCUT2D eigenvalue weighted by molar-refractivity contribution is 7.89. The molecule has 0 unspecified atom stereocenters. The predicted octanol–water partition coefficient (Wildman–Crippen LogP) is 2.70. The van der Waals surface area contributed by atoms with Crippen molar-refractivity contribution < 1.29 is 17.9 Å². The Labute approximate surface area is 204 Å². The minimum Gasteiger partial charge on any atom is -0.378 e. The minimum absolute atomic E-state index is 0.140. The smallest absolute Gasteiger partial charge is 0.319 e. The van der Waals surface area contributed by atoms with Crippen LogP contribution in [-0.4, -0.2) is 64.3 Å². The van der Waals surface area contributed by atoms with E-state index in [2.05, 4.69) is 15.4 Å². The SMILES string of the molecule is CCNC(=O)Nc1ccc(-c2cc(-c3ccccc3S(=O)(=O)NC)nc(N3CCOCC3)n2)cc1. The molecule has 1 aliphatic heterocycles. The summed E-state index contributed by atoms with van der Waals surface area (Å²) < 4.78 is 33.2. The number of aromatic nitrogens is 2. The second-order valence-corrected chi connectivity index (χ2v) is 9.66. The topological polar surface area (TPSA) is 126 Å². The first-order chi connectivity index (χ1) is 16.9. The average Bonchev–Trinajstić information content (AvgIpc) is 2.89. The lowest BCUT2D eigenvalue weighted by atomic mass is 10.1. The molecule has 3 aromatic rings. The molecule has 1 aromatic heterocycles. The zero-order chi connectivity index (χ0) is 24.8. The Kier molecular flexibility index (Phi) is 7.59. The molecule has 0 bridgehead atoms. The fourth-order valence-corrected chi connectivity index (χ4v) is 4.65. The van der Waals surface area contributed by atoms with E-state index in [1.807, 2.05) is 24.0 Å². The normalized spacial score (nSPS) is 13.9. The van der Waals surface area contributed by atoms with Crippen LogP contribution in [0.25, 0.3) is 22.5 Å². The first kappa shape index (κ1) is 24.6. The van der Waals surface area contributed by atoms with E-state index in [1.165, 1.54) is 7.05 Å². The Morgan fingerprint density at radius 2 is 1.71 bits per heavy atom. The summed E-state index contributed by atoms with van der Waals surface area (Å²) in [4.78, 5) is 23.5. The number of benzene rings is 2. The number of carbonyl (C=O) groups is 1. The number of amides is 2. The van der Waals surface area contributed by atoms with Gasteiger partial charge in [-0.1, -0.05) is 30.3 Å². The second kappa shape index (κ2) is 10.8.